The Labute approximate surface area is 191 Å². The number of nitriles is 1. The third-order valence-electron chi connectivity index (χ3n) is 5.66. The maximum atomic E-state index is 12.3. The van der Waals surface area contributed by atoms with Crippen molar-refractivity contribution in [2.45, 2.75) is 26.3 Å². The van der Waals surface area contributed by atoms with Crippen molar-refractivity contribution < 1.29 is 14.3 Å². The molecule has 0 radical (unpaired) electrons. The molecule has 2 aromatic heterocycles. The number of aromatic nitrogens is 2. The van der Waals surface area contributed by atoms with Crippen molar-refractivity contribution in [1.82, 2.24) is 14.9 Å². The van der Waals surface area contributed by atoms with Gasteiger partial charge in [-0.3, -0.25) is 14.6 Å². The number of nitrogens with zero attached hydrogens (tertiary/aromatic N) is 4. The topological polar surface area (TPSA) is 163 Å². The van der Waals surface area contributed by atoms with Crippen molar-refractivity contribution in [2.24, 2.45) is 21.9 Å². The van der Waals surface area contributed by atoms with Crippen molar-refractivity contribution in [1.29, 1.82) is 5.26 Å². The lowest BCUT2D eigenvalue weighted by atomic mass is 9.88. The van der Waals surface area contributed by atoms with Crippen LogP contribution in [0.2, 0.25) is 0 Å². The van der Waals surface area contributed by atoms with E-state index in [0.717, 1.165) is 17.3 Å². The van der Waals surface area contributed by atoms with E-state index in [1.54, 1.807) is 30.5 Å². The van der Waals surface area contributed by atoms with E-state index in [2.05, 4.69) is 9.97 Å². The standard InChI is InChI=1S/C23H27N7O3/c1-23(2)13-30(20(31)4-6-24)12-18(23)29-21(16(10-25)22(26)32)17-8-15(11-28-17)14-5-7-27-19(9-14)33-3/h5,7-11,18,28H,4,12-13,25H2,1-3H3,(H2,26,32). The summed E-state index contributed by atoms with van der Waals surface area (Å²) < 4.78 is 5.19. The fourth-order valence-corrected chi connectivity index (χ4v) is 3.82. The minimum Gasteiger partial charge on any atom is -0.481 e. The van der Waals surface area contributed by atoms with Crippen molar-refractivity contribution in [3.63, 3.8) is 0 Å². The van der Waals surface area contributed by atoms with Gasteiger partial charge in [-0.25, -0.2) is 4.98 Å². The second-order valence-electron chi connectivity index (χ2n) is 8.42. The number of aromatic amines is 1. The quantitative estimate of drug-likeness (QED) is 0.427. The van der Waals surface area contributed by atoms with Gasteiger partial charge in [0.25, 0.3) is 5.91 Å². The first-order valence-electron chi connectivity index (χ1n) is 10.3. The SMILES string of the molecule is COc1cc(-c2c[nH]c(C(=NC3CN(C(=O)CC#N)CC3(C)C)C(=CN)C(N)=O)c2)ccn1. The summed E-state index contributed by atoms with van der Waals surface area (Å²) in [5.41, 5.74) is 13.6. The average molecular weight is 450 g/mol. The van der Waals surface area contributed by atoms with Gasteiger partial charge in [0.15, 0.2) is 0 Å². The number of methoxy groups -OCH3 is 1. The monoisotopic (exact) mass is 449 g/mol. The Kier molecular flexibility index (Phi) is 6.82. The number of pyridine rings is 1. The van der Waals surface area contributed by atoms with E-state index in [1.165, 1.54) is 0 Å². The second-order valence-corrected chi connectivity index (χ2v) is 8.42. The summed E-state index contributed by atoms with van der Waals surface area (Å²) in [6.07, 6.45) is 4.36. The fourth-order valence-electron chi connectivity index (χ4n) is 3.82. The Hall–Kier alpha value is -4.13. The summed E-state index contributed by atoms with van der Waals surface area (Å²) in [6, 6.07) is 7.01. The molecule has 1 atom stereocenters. The lowest BCUT2D eigenvalue weighted by Crippen LogP contribution is -2.30. The van der Waals surface area contributed by atoms with Crippen molar-refractivity contribution in [3.8, 4) is 23.1 Å². The molecule has 1 aliphatic heterocycles. The number of primary amides is 1. The van der Waals surface area contributed by atoms with Crippen LogP contribution in [0.3, 0.4) is 0 Å². The van der Waals surface area contributed by atoms with Crippen LogP contribution >= 0.6 is 0 Å². The van der Waals surface area contributed by atoms with Crippen LogP contribution in [0, 0.1) is 16.7 Å². The normalized spacial score (nSPS) is 18.1. The van der Waals surface area contributed by atoms with Crippen LogP contribution in [-0.4, -0.2) is 58.6 Å². The molecule has 0 aromatic carbocycles. The molecular weight excluding hydrogens is 422 g/mol. The number of hydrogen-bond donors (Lipinski definition) is 3. The number of amides is 2. The van der Waals surface area contributed by atoms with Gasteiger partial charge in [-0.2, -0.15) is 5.26 Å². The largest absolute Gasteiger partial charge is 0.481 e. The van der Waals surface area contributed by atoms with Crippen molar-refractivity contribution in [3.05, 3.63) is 48.1 Å². The maximum absolute atomic E-state index is 12.3. The summed E-state index contributed by atoms with van der Waals surface area (Å²) in [6.45, 7) is 4.73. The molecule has 1 saturated heterocycles. The van der Waals surface area contributed by atoms with Crippen LogP contribution in [0.15, 0.2) is 47.4 Å². The van der Waals surface area contributed by atoms with E-state index < -0.39 is 5.91 Å². The van der Waals surface area contributed by atoms with E-state index in [4.69, 9.17) is 26.5 Å². The predicted molar refractivity (Wildman–Crippen MR) is 123 cm³/mol. The summed E-state index contributed by atoms with van der Waals surface area (Å²) >= 11 is 0. The minimum atomic E-state index is -0.716. The number of likely N-dealkylation sites (tertiary alicyclic amines) is 1. The lowest BCUT2D eigenvalue weighted by molar-refractivity contribution is -0.129. The van der Waals surface area contributed by atoms with Crippen LogP contribution in [0.1, 0.15) is 26.0 Å². The van der Waals surface area contributed by atoms with Gasteiger partial charge in [-0.15, -0.1) is 0 Å². The van der Waals surface area contributed by atoms with E-state index in [1.807, 2.05) is 32.0 Å². The molecule has 0 saturated carbocycles. The van der Waals surface area contributed by atoms with Gasteiger partial charge in [0.05, 0.1) is 36.2 Å². The van der Waals surface area contributed by atoms with Crippen LogP contribution < -0.4 is 16.2 Å². The van der Waals surface area contributed by atoms with Gasteiger partial charge in [0.1, 0.15) is 6.42 Å². The number of H-pyrrole nitrogens is 1. The third kappa shape index (κ3) is 5.03. The van der Waals surface area contributed by atoms with Crippen LogP contribution in [0.4, 0.5) is 0 Å². The third-order valence-corrected chi connectivity index (χ3v) is 5.66. The van der Waals surface area contributed by atoms with Crippen molar-refractivity contribution >= 4 is 17.5 Å². The van der Waals surface area contributed by atoms with Gasteiger partial charge < -0.3 is 26.1 Å². The highest BCUT2D eigenvalue weighted by molar-refractivity contribution is 6.27. The summed E-state index contributed by atoms with van der Waals surface area (Å²) in [4.78, 5) is 38.2. The molecule has 1 fully saturated rings. The Balaban J connectivity index is 2.02. The predicted octanol–water partition coefficient (Wildman–Crippen LogP) is 1.35. The Bertz CT molecular complexity index is 1160. The van der Waals surface area contributed by atoms with Gasteiger partial charge in [-0.1, -0.05) is 13.8 Å². The molecule has 2 aromatic rings. The zero-order valence-corrected chi connectivity index (χ0v) is 18.8. The zero-order chi connectivity index (χ0) is 24.2. The van der Waals surface area contributed by atoms with Gasteiger partial charge >= 0.3 is 0 Å². The molecule has 172 valence electrons. The molecule has 10 heteroatoms. The number of nitrogens with two attached hydrogens (primary N) is 2. The van der Waals surface area contributed by atoms with E-state index in [-0.39, 0.29) is 29.4 Å². The lowest BCUT2D eigenvalue weighted by Gasteiger charge is -2.23. The minimum absolute atomic E-state index is 0.0633. The van der Waals surface area contributed by atoms with Crippen LogP contribution in [0.25, 0.3) is 11.1 Å². The molecule has 1 unspecified atom stereocenters. The van der Waals surface area contributed by atoms with Gasteiger partial charge in [0.2, 0.25) is 11.8 Å². The molecule has 33 heavy (non-hydrogen) atoms. The van der Waals surface area contributed by atoms with E-state index in [0.29, 0.717) is 30.4 Å². The van der Waals surface area contributed by atoms with Gasteiger partial charge in [-0.05, 0) is 17.7 Å². The number of carbonyl (C=O) groups excluding carboxylic acids is 2. The molecule has 1 aliphatic rings. The number of aliphatic imine (C=N–C) groups is 1. The summed E-state index contributed by atoms with van der Waals surface area (Å²) in [5.74, 6) is -0.493. The highest BCUT2D eigenvalue weighted by Gasteiger charge is 2.41. The number of rotatable bonds is 7. The molecule has 0 spiro atoms. The van der Waals surface area contributed by atoms with Crippen molar-refractivity contribution in [2.75, 3.05) is 20.2 Å². The summed E-state index contributed by atoms with van der Waals surface area (Å²) in [7, 11) is 1.54. The molecule has 5 N–H and O–H groups in total. The number of nitrogens with one attached hydrogen (secondary N) is 1. The first-order valence-corrected chi connectivity index (χ1v) is 10.3. The molecule has 3 rings (SSSR count). The van der Waals surface area contributed by atoms with Crippen LogP contribution in [-0.2, 0) is 9.59 Å². The number of ether oxygens (including phenoxy) is 1. The Morgan fingerprint density at radius 1 is 1.42 bits per heavy atom. The smallest absolute Gasteiger partial charge is 0.252 e. The molecule has 2 amide bonds. The fraction of sp³-hybridized carbons (Fsp3) is 0.348. The molecule has 3 heterocycles. The first-order chi connectivity index (χ1) is 15.7. The molecule has 0 aliphatic carbocycles. The second kappa shape index (κ2) is 9.56. The molecule has 10 nitrogen and oxygen atoms in total. The maximum Gasteiger partial charge on any atom is 0.252 e. The van der Waals surface area contributed by atoms with Gasteiger partial charge in [0, 0.05) is 48.7 Å². The number of hydrogen-bond acceptors (Lipinski definition) is 7. The first kappa shape index (κ1) is 23.5. The number of carbonyl (C=O) groups is 2. The Morgan fingerprint density at radius 3 is 2.82 bits per heavy atom. The van der Waals surface area contributed by atoms with Crippen LogP contribution in [0.5, 0.6) is 5.88 Å². The Morgan fingerprint density at radius 2 is 2.18 bits per heavy atom. The summed E-state index contributed by atoms with van der Waals surface area (Å²) in [5, 5.41) is 8.87. The average Bonchev–Trinajstić information content (AvgIpc) is 3.38. The molecule has 0 bridgehead atoms. The highest BCUT2D eigenvalue weighted by atomic mass is 16.5. The molecular formula is C23H27N7O3. The van der Waals surface area contributed by atoms with E-state index in [9.17, 15) is 9.59 Å². The highest BCUT2D eigenvalue weighted by Crippen LogP contribution is 2.33. The zero-order valence-electron chi connectivity index (χ0n) is 18.8. The van der Waals surface area contributed by atoms with E-state index >= 15 is 0 Å².